The van der Waals surface area contributed by atoms with E-state index < -0.39 is 5.54 Å². The number of nitrogens with zero attached hydrogens (tertiary/aromatic N) is 1. The molecule has 1 aromatic rings. The first kappa shape index (κ1) is 14.8. The van der Waals surface area contributed by atoms with Crippen LogP contribution in [-0.4, -0.2) is 11.4 Å². The monoisotopic (exact) mass is 294 g/mol. The fraction of sp³-hybridized carbons (Fsp3) is 0.474. The topological polar surface area (TPSA) is 52.9 Å². The molecule has 0 spiro atoms. The molecule has 22 heavy (non-hydrogen) atoms. The van der Waals surface area contributed by atoms with Gasteiger partial charge in [-0.15, -0.1) is 0 Å². The summed E-state index contributed by atoms with van der Waals surface area (Å²) in [6.45, 7) is 1.83. The molecule has 2 aliphatic rings. The number of fused-ring (bicyclic) bond motifs is 2. The highest BCUT2D eigenvalue weighted by Gasteiger charge is 2.41. The molecule has 0 aromatic heterocycles. The van der Waals surface area contributed by atoms with Gasteiger partial charge in [-0.2, -0.15) is 5.26 Å². The van der Waals surface area contributed by atoms with Gasteiger partial charge in [-0.05, 0) is 50.0 Å². The third-order valence-electron chi connectivity index (χ3n) is 5.02. The third-order valence-corrected chi connectivity index (χ3v) is 5.02. The number of benzene rings is 1. The lowest BCUT2D eigenvalue weighted by molar-refractivity contribution is -0.127. The first-order valence-corrected chi connectivity index (χ1v) is 8.05. The van der Waals surface area contributed by atoms with Crippen molar-refractivity contribution < 1.29 is 4.79 Å². The molecule has 0 heterocycles. The normalized spacial score (nSPS) is 28.1. The summed E-state index contributed by atoms with van der Waals surface area (Å²) < 4.78 is 0. The van der Waals surface area contributed by atoms with Gasteiger partial charge < -0.3 is 5.32 Å². The summed E-state index contributed by atoms with van der Waals surface area (Å²) in [5.41, 5.74) is 0.402. The van der Waals surface area contributed by atoms with Gasteiger partial charge in [0, 0.05) is 5.92 Å². The number of amides is 1. The average molecular weight is 294 g/mol. The van der Waals surface area contributed by atoms with Crippen LogP contribution in [0.5, 0.6) is 0 Å². The summed E-state index contributed by atoms with van der Waals surface area (Å²) in [5, 5.41) is 12.5. The molecule has 1 saturated carbocycles. The second-order valence-corrected chi connectivity index (χ2v) is 6.81. The van der Waals surface area contributed by atoms with Crippen LogP contribution in [0.3, 0.4) is 0 Å². The number of carbonyl (C=O) groups is 1. The Kier molecular flexibility index (Phi) is 4.02. The van der Waals surface area contributed by atoms with Gasteiger partial charge in [0.1, 0.15) is 5.54 Å². The Hall–Kier alpha value is -2.08. The maximum absolute atomic E-state index is 12.5. The number of nitrogens with one attached hydrogen (secondary N) is 1. The largest absolute Gasteiger partial charge is 0.338 e. The summed E-state index contributed by atoms with van der Waals surface area (Å²) in [5.74, 6) is 1.05. The minimum Gasteiger partial charge on any atom is -0.338 e. The number of carbonyl (C=O) groups excluding carboxylic acids is 1. The SMILES string of the molecule is CC(C#N)(CCc1ccccc1)NC(=O)C1CC2C=CC1C2. The lowest BCUT2D eigenvalue weighted by Gasteiger charge is -2.27. The van der Waals surface area contributed by atoms with Crippen molar-refractivity contribution in [3.63, 3.8) is 0 Å². The van der Waals surface area contributed by atoms with E-state index in [-0.39, 0.29) is 11.8 Å². The molecule has 0 radical (unpaired) electrons. The molecule has 1 aromatic carbocycles. The molecule has 114 valence electrons. The van der Waals surface area contributed by atoms with Crippen LogP contribution in [0, 0.1) is 29.1 Å². The van der Waals surface area contributed by atoms with Crippen molar-refractivity contribution in [2.24, 2.45) is 17.8 Å². The van der Waals surface area contributed by atoms with E-state index in [0.717, 1.165) is 19.3 Å². The molecule has 1 amide bonds. The lowest BCUT2D eigenvalue weighted by atomic mass is 9.89. The van der Waals surface area contributed by atoms with Crippen molar-refractivity contribution in [2.45, 2.75) is 38.1 Å². The zero-order valence-electron chi connectivity index (χ0n) is 13.0. The summed E-state index contributed by atoms with van der Waals surface area (Å²) in [4.78, 5) is 12.5. The maximum atomic E-state index is 12.5. The number of nitriles is 1. The van der Waals surface area contributed by atoms with Crippen molar-refractivity contribution in [3.8, 4) is 6.07 Å². The predicted molar refractivity (Wildman–Crippen MR) is 85.8 cm³/mol. The molecule has 4 atom stereocenters. The number of aryl methyl sites for hydroxylation is 1. The van der Waals surface area contributed by atoms with Gasteiger partial charge in [-0.3, -0.25) is 4.79 Å². The van der Waals surface area contributed by atoms with Gasteiger partial charge in [0.2, 0.25) is 5.91 Å². The van der Waals surface area contributed by atoms with E-state index in [2.05, 4.69) is 35.7 Å². The smallest absolute Gasteiger partial charge is 0.224 e. The first-order chi connectivity index (χ1) is 10.6. The van der Waals surface area contributed by atoms with E-state index >= 15 is 0 Å². The molecule has 3 rings (SSSR count). The zero-order chi connectivity index (χ0) is 15.6. The van der Waals surface area contributed by atoms with Crippen LogP contribution in [0.1, 0.15) is 31.7 Å². The highest BCUT2D eigenvalue weighted by Crippen LogP contribution is 2.43. The molecular weight excluding hydrogens is 272 g/mol. The van der Waals surface area contributed by atoms with Crippen LogP contribution in [0.25, 0.3) is 0 Å². The van der Waals surface area contributed by atoms with Crippen LogP contribution in [0.4, 0.5) is 0 Å². The van der Waals surface area contributed by atoms with Crippen LogP contribution < -0.4 is 5.32 Å². The summed E-state index contributed by atoms with van der Waals surface area (Å²) in [7, 11) is 0. The van der Waals surface area contributed by atoms with Gasteiger partial charge in [0.05, 0.1) is 6.07 Å². The van der Waals surface area contributed by atoms with Crippen LogP contribution in [0.2, 0.25) is 0 Å². The fourth-order valence-electron chi connectivity index (χ4n) is 3.63. The first-order valence-electron chi connectivity index (χ1n) is 8.05. The van der Waals surface area contributed by atoms with Crippen molar-refractivity contribution in [2.75, 3.05) is 0 Å². The highest BCUT2D eigenvalue weighted by atomic mass is 16.2. The number of rotatable bonds is 5. The maximum Gasteiger partial charge on any atom is 0.224 e. The fourth-order valence-corrected chi connectivity index (χ4v) is 3.63. The van der Waals surface area contributed by atoms with Crippen LogP contribution in [0.15, 0.2) is 42.5 Å². The van der Waals surface area contributed by atoms with Crippen molar-refractivity contribution in [3.05, 3.63) is 48.0 Å². The van der Waals surface area contributed by atoms with E-state index in [4.69, 9.17) is 0 Å². The lowest BCUT2D eigenvalue weighted by Crippen LogP contribution is -2.48. The summed E-state index contributed by atoms with van der Waals surface area (Å²) in [6.07, 6.45) is 7.87. The Morgan fingerprint density at radius 1 is 1.32 bits per heavy atom. The van der Waals surface area contributed by atoms with E-state index in [9.17, 15) is 10.1 Å². The highest BCUT2D eigenvalue weighted by molar-refractivity contribution is 5.81. The molecule has 3 nitrogen and oxygen atoms in total. The van der Waals surface area contributed by atoms with Gasteiger partial charge in [0.15, 0.2) is 0 Å². The average Bonchev–Trinajstić information content (AvgIpc) is 3.17. The van der Waals surface area contributed by atoms with Crippen molar-refractivity contribution in [1.29, 1.82) is 5.26 Å². The van der Waals surface area contributed by atoms with Crippen LogP contribution in [-0.2, 0) is 11.2 Å². The van der Waals surface area contributed by atoms with Gasteiger partial charge >= 0.3 is 0 Å². The van der Waals surface area contributed by atoms with E-state index in [0.29, 0.717) is 18.3 Å². The Bertz CT molecular complexity index is 616. The number of hydrogen-bond donors (Lipinski definition) is 1. The van der Waals surface area contributed by atoms with Crippen molar-refractivity contribution >= 4 is 5.91 Å². The standard InChI is InChI=1S/C19H22N2O/c1-19(13-20,10-9-14-5-3-2-4-6-14)21-18(22)17-12-15-7-8-16(17)11-15/h2-8,15-17H,9-12H2,1H3,(H,21,22). The molecule has 2 bridgehead atoms. The number of allylic oxidation sites excluding steroid dienone is 2. The second-order valence-electron chi connectivity index (χ2n) is 6.81. The Morgan fingerprint density at radius 2 is 2.09 bits per heavy atom. The van der Waals surface area contributed by atoms with Gasteiger partial charge in [-0.1, -0.05) is 42.5 Å². The van der Waals surface area contributed by atoms with E-state index in [1.54, 1.807) is 0 Å². The molecule has 0 aliphatic heterocycles. The minimum absolute atomic E-state index is 0.0500. The minimum atomic E-state index is -0.793. The molecule has 2 aliphatic carbocycles. The molecule has 1 N–H and O–H groups in total. The predicted octanol–water partition coefficient (Wildman–Crippen LogP) is 3.23. The Morgan fingerprint density at radius 3 is 2.68 bits per heavy atom. The quantitative estimate of drug-likeness (QED) is 0.848. The second kappa shape index (κ2) is 5.96. The summed E-state index contributed by atoms with van der Waals surface area (Å²) in [6, 6.07) is 12.4. The molecule has 3 heteroatoms. The third kappa shape index (κ3) is 3.06. The van der Waals surface area contributed by atoms with Crippen LogP contribution >= 0.6 is 0 Å². The number of hydrogen-bond acceptors (Lipinski definition) is 2. The van der Waals surface area contributed by atoms with Crippen molar-refractivity contribution in [1.82, 2.24) is 5.32 Å². The zero-order valence-corrected chi connectivity index (χ0v) is 13.0. The van der Waals surface area contributed by atoms with E-state index in [1.807, 2.05) is 25.1 Å². The molecule has 4 unspecified atom stereocenters. The molecular formula is C19H22N2O. The molecule has 1 fully saturated rings. The summed E-state index contributed by atoms with van der Waals surface area (Å²) >= 11 is 0. The Labute approximate surface area is 132 Å². The van der Waals surface area contributed by atoms with Gasteiger partial charge in [0.25, 0.3) is 0 Å². The van der Waals surface area contributed by atoms with Gasteiger partial charge in [-0.25, -0.2) is 0 Å². The Balaban J connectivity index is 1.59. The van der Waals surface area contributed by atoms with E-state index in [1.165, 1.54) is 5.56 Å². The molecule has 0 saturated heterocycles.